The van der Waals surface area contributed by atoms with Crippen LogP contribution >= 0.6 is 28.1 Å². The third kappa shape index (κ3) is 5.85. The molecule has 0 bridgehead atoms. The van der Waals surface area contributed by atoms with E-state index in [0.717, 1.165) is 0 Å². The van der Waals surface area contributed by atoms with Gasteiger partial charge in [-0.15, -0.1) is 0 Å². The molecule has 1 aromatic rings. The molecule has 1 aromatic carbocycles. The zero-order valence-electron chi connectivity index (χ0n) is 13.4. The number of hydrogen-bond donors (Lipinski definition) is 3. The standard InChI is InChI=1S/C14H20BrN3O4S/c1-8(7-20-2)16-14(23)18-17-13(19)9-5-10(21-3)12(15)11(6-9)22-4/h5-6,8H,7H2,1-4H3,(H,17,19)(H2,16,18,23)/t8-/m0/s1. The van der Waals surface area contributed by atoms with Crippen molar-refractivity contribution < 1.29 is 19.0 Å². The lowest BCUT2D eigenvalue weighted by Crippen LogP contribution is -2.49. The number of hydrazine groups is 1. The smallest absolute Gasteiger partial charge is 0.269 e. The number of methoxy groups -OCH3 is 3. The fourth-order valence-electron chi connectivity index (χ4n) is 1.74. The molecule has 9 heteroatoms. The number of amides is 1. The number of hydrogen-bond acceptors (Lipinski definition) is 5. The monoisotopic (exact) mass is 405 g/mol. The van der Waals surface area contributed by atoms with Crippen LogP contribution in [-0.2, 0) is 4.74 Å². The molecule has 3 N–H and O–H groups in total. The van der Waals surface area contributed by atoms with Gasteiger partial charge >= 0.3 is 0 Å². The van der Waals surface area contributed by atoms with E-state index >= 15 is 0 Å². The van der Waals surface area contributed by atoms with Crippen molar-refractivity contribution in [1.29, 1.82) is 0 Å². The quantitative estimate of drug-likeness (QED) is 0.489. The maximum atomic E-state index is 12.2. The van der Waals surface area contributed by atoms with E-state index in [1.54, 1.807) is 19.2 Å². The lowest BCUT2D eigenvalue weighted by Gasteiger charge is -2.17. The van der Waals surface area contributed by atoms with Crippen LogP contribution in [0.5, 0.6) is 11.5 Å². The lowest BCUT2D eigenvalue weighted by atomic mass is 10.2. The molecule has 0 aliphatic heterocycles. The van der Waals surface area contributed by atoms with Crippen molar-refractivity contribution in [3.8, 4) is 11.5 Å². The van der Waals surface area contributed by atoms with E-state index in [1.165, 1.54) is 14.2 Å². The van der Waals surface area contributed by atoms with Gasteiger partial charge in [-0.05, 0) is 47.2 Å². The Balaban J connectivity index is 2.70. The third-order valence-corrected chi connectivity index (χ3v) is 3.79. The summed E-state index contributed by atoms with van der Waals surface area (Å²) in [6.07, 6.45) is 0. The van der Waals surface area contributed by atoms with Gasteiger partial charge in [-0.3, -0.25) is 15.6 Å². The van der Waals surface area contributed by atoms with Crippen LogP contribution in [0.15, 0.2) is 16.6 Å². The van der Waals surface area contributed by atoms with Crippen molar-refractivity contribution in [2.75, 3.05) is 27.9 Å². The molecule has 0 fully saturated rings. The van der Waals surface area contributed by atoms with Crippen LogP contribution in [0.25, 0.3) is 0 Å². The van der Waals surface area contributed by atoms with Crippen molar-refractivity contribution in [2.45, 2.75) is 13.0 Å². The van der Waals surface area contributed by atoms with Gasteiger partial charge in [0.15, 0.2) is 5.11 Å². The van der Waals surface area contributed by atoms with Gasteiger partial charge in [-0.25, -0.2) is 0 Å². The minimum absolute atomic E-state index is 0.0183. The fraction of sp³-hybridized carbons (Fsp3) is 0.429. The highest BCUT2D eigenvalue weighted by Crippen LogP contribution is 2.35. The number of rotatable bonds is 6. The first-order chi connectivity index (χ1) is 10.9. The first-order valence-corrected chi connectivity index (χ1v) is 7.90. The molecule has 0 radical (unpaired) electrons. The Labute approximate surface area is 149 Å². The Kier molecular flexibility index (Phi) is 8.07. The first-order valence-electron chi connectivity index (χ1n) is 6.70. The SMILES string of the molecule is COC[C@H](C)NC(=S)NNC(=O)c1cc(OC)c(Br)c(OC)c1. The van der Waals surface area contributed by atoms with Gasteiger partial charge in [0.05, 0.1) is 20.8 Å². The van der Waals surface area contributed by atoms with Crippen LogP contribution in [-0.4, -0.2) is 45.0 Å². The van der Waals surface area contributed by atoms with E-state index in [0.29, 0.717) is 33.3 Å². The zero-order valence-corrected chi connectivity index (χ0v) is 15.8. The number of nitrogens with one attached hydrogen (secondary N) is 3. The molecule has 0 aromatic heterocycles. The van der Waals surface area contributed by atoms with E-state index in [4.69, 9.17) is 26.4 Å². The highest BCUT2D eigenvalue weighted by Gasteiger charge is 2.15. The van der Waals surface area contributed by atoms with E-state index in [2.05, 4.69) is 32.1 Å². The number of thiocarbonyl (C=S) groups is 1. The molecule has 23 heavy (non-hydrogen) atoms. The number of benzene rings is 1. The molecule has 128 valence electrons. The van der Waals surface area contributed by atoms with Gasteiger partial charge < -0.3 is 19.5 Å². The summed E-state index contributed by atoms with van der Waals surface area (Å²) >= 11 is 8.43. The number of ether oxygens (including phenoxy) is 3. The van der Waals surface area contributed by atoms with Crippen LogP contribution in [0, 0.1) is 0 Å². The number of carbonyl (C=O) groups excluding carboxylic acids is 1. The lowest BCUT2D eigenvalue weighted by molar-refractivity contribution is 0.0942. The van der Waals surface area contributed by atoms with Gasteiger partial charge in [0.1, 0.15) is 16.0 Å². The molecule has 7 nitrogen and oxygen atoms in total. The summed E-state index contributed by atoms with van der Waals surface area (Å²) in [5.41, 5.74) is 5.50. The molecule has 0 heterocycles. The summed E-state index contributed by atoms with van der Waals surface area (Å²) < 4.78 is 16.0. The van der Waals surface area contributed by atoms with Crippen LogP contribution in [0.3, 0.4) is 0 Å². The molecule has 0 aliphatic carbocycles. The van der Waals surface area contributed by atoms with E-state index in [9.17, 15) is 4.79 Å². The Bertz CT molecular complexity index is 546. The van der Waals surface area contributed by atoms with Crippen molar-refractivity contribution >= 4 is 39.2 Å². The predicted octanol–water partition coefficient (Wildman–Crippen LogP) is 1.61. The van der Waals surface area contributed by atoms with Crippen LogP contribution < -0.4 is 25.6 Å². The Morgan fingerprint density at radius 2 is 1.78 bits per heavy atom. The summed E-state index contributed by atoms with van der Waals surface area (Å²) in [5.74, 6) is 0.602. The van der Waals surface area contributed by atoms with E-state index in [1.807, 2.05) is 6.92 Å². The van der Waals surface area contributed by atoms with Gasteiger partial charge in [0, 0.05) is 18.7 Å². The van der Waals surface area contributed by atoms with Crippen LogP contribution in [0.4, 0.5) is 0 Å². The molecule has 0 spiro atoms. The van der Waals surface area contributed by atoms with Gasteiger partial charge in [0.25, 0.3) is 5.91 Å². The van der Waals surface area contributed by atoms with Gasteiger partial charge in [-0.1, -0.05) is 0 Å². The summed E-state index contributed by atoms with van der Waals surface area (Å²) in [4.78, 5) is 12.2. The second-order valence-electron chi connectivity index (χ2n) is 4.60. The van der Waals surface area contributed by atoms with Gasteiger partial charge in [0.2, 0.25) is 0 Å². The summed E-state index contributed by atoms with van der Waals surface area (Å²) in [6, 6.07) is 3.20. The van der Waals surface area contributed by atoms with Crippen LogP contribution in [0.1, 0.15) is 17.3 Å². The molecule has 0 saturated carbocycles. The average Bonchev–Trinajstić information content (AvgIpc) is 2.52. The van der Waals surface area contributed by atoms with Crippen LogP contribution in [0.2, 0.25) is 0 Å². The summed E-state index contributed by atoms with van der Waals surface area (Å²) in [6.45, 7) is 2.40. The zero-order chi connectivity index (χ0) is 17.4. The molecule has 1 rings (SSSR count). The second-order valence-corrected chi connectivity index (χ2v) is 5.80. The fourth-order valence-corrected chi connectivity index (χ4v) is 2.54. The number of carbonyl (C=O) groups is 1. The Morgan fingerprint density at radius 3 is 2.26 bits per heavy atom. The molecule has 1 amide bonds. The maximum absolute atomic E-state index is 12.2. The van der Waals surface area contributed by atoms with Crippen molar-refractivity contribution in [3.05, 3.63) is 22.2 Å². The van der Waals surface area contributed by atoms with E-state index in [-0.39, 0.29) is 11.9 Å². The molecule has 0 saturated heterocycles. The largest absolute Gasteiger partial charge is 0.495 e. The predicted molar refractivity (Wildman–Crippen MR) is 94.9 cm³/mol. The Morgan fingerprint density at radius 1 is 1.22 bits per heavy atom. The highest BCUT2D eigenvalue weighted by molar-refractivity contribution is 9.10. The average molecular weight is 406 g/mol. The van der Waals surface area contributed by atoms with E-state index < -0.39 is 0 Å². The summed E-state index contributed by atoms with van der Waals surface area (Å²) in [7, 11) is 4.62. The Hall–Kier alpha value is -1.58. The molecular formula is C14H20BrN3O4S. The van der Waals surface area contributed by atoms with Crippen molar-refractivity contribution in [3.63, 3.8) is 0 Å². The maximum Gasteiger partial charge on any atom is 0.269 e. The summed E-state index contributed by atoms with van der Waals surface area (Å²) in [5, 5.41) is 3.26. The van der Waals surface area contributed by atoms with Crippen molar-refractivity contribution in [2.24, 2.45) is 0 Å². The molecule has 1 atom stereocenters. The molecular weight excluding hydrogens is 386 g/mol. The van der Waals surface area contributed by atoms with Gasteiger partial charge in [-0.2, -0.15) is 0 Å². The number of halogens is 1. The topological polar surface area (TPSA) is 80.9 Å². The van der Waals surface area contributed by atoms with Crippen molar-refractivity contribution in [1.82, 2.24) is 16.2 Å². The first kappa shape index (κ1) is 19.5. The normalized spacial score (nSPS) is 11.3. The minimum Gasteiger partial charge on any atom is -0.495 e. The third-order valence-electron chi connectivity index (χ3n) is 2.79. The highest BCUT2D eigenvalue weighted by atomic mass is 79.9. The second kappa shape index (κ2) is 9.53. The molecule has 0 aliphatic rings. The molecule has 0 unspecified atom stereocenters. The minimum atomic E-state index is -0.377.